The normalized spacial score (nSPS) is 44.2. The minimum absolute atomic E-state index is 0.0714. The molecule has 3 aliphatic rings. The van der Waals surface area contributed by atoms with Gasteiger partial charge in [0, 0.05) is 16.8 Å². The first-order valence-electron chi connectivity index (χ1n) is 3.92. The Bertz CT molecular complexity index is 155. The number of fused-ring (bicyclic) bond motifs is 2. The highest BCUT2D eigenvalue weighted by Crippen LogP contribution is 2.46. The molecule has 3 aliphatic carbocycles. The Morgan fingerprint density at radius 1 is 1.30 bits per heavy atom. The third-order valence-electron chi connectivity index (χ3n) is 2.96. The van der Waals surface area contributed by atoms with Crippen molar-refractivity contribution in [3.05, 3.63) is 10.1 Å². The summed E-state index contributed by atoms with van der Waals surface area (Å²) in [7, 11) is 0. The van der Waals surface area contributed by atoms with Crippen molar-refractivity contribution >= 4 is 0 Å². The van der Waals surface area contributed by atoms with Gasteiger partial charge >= 0.3 is 0 Å². The Labute approximate surface area is 59.6 Å². The van der Waals surface area contributed by atoms with Crippen molar-refractivity contribution in [3.63, 3.8) is 0 Å². The highest BCUT2D eigenvalue weighted by Gasteiger charge is 2.51. The second-order valence-electron chi connectivity index (χ2n) is 3.46. The molecule has 0 radical (unpaired) electrons. The van der Waals surface area contributed by atoms with Crippen LogP contribution in [-0.4, -0.2) is 11.0 Å². The summed E-state index contributed by atoms with van der Waals surface area (Å²) in [5.74, 6) is 0.877. The molecule has 2 unspecified atom stereocenters. The van der Waals surface area contributed by atoms with E-state index in [-0.39, 0.29) is 11.0 Å². The van der Waals surface area contributed by atoms with Crippen molar-refractivity contribution in [3.8, 4) is 0 Å². The quantitative estimate of drug-likeness (QED) is 0.409. The average Bonchev–Trinajstić information content (AvgIpc) is 1.87. The number of hydrogen-bond acceptors (Lipinski definition) is 2. The first-order valence-corrected chi connectivity index (χ1v) is 3.92. The molecule has 0 aromatic heterocycles. The van der Waals surface area contributed by atoms with Crippen LogP contribution in [0, 0.1) is 22.0 Å². The molecular weight excluding hydrogens is 130 g/mol. The molecule has 0 saturated heterocycles. The highest BCUT2D eigenvalue weighted by molar-refractivity contribution is 4.93. The second-order valence-corrected chi connectivity index (χ2v) is 3.46. The SMILES string of the molecule is O=[N+]([O-])C1C2CCCC1C2. The Kier molecular flexibility index (Phi) is 1.19. The molecule has 56 valence electrons. The maximum atomic E-state index is 10.4. The molecule has 2 atom stereocenters. The van der Waals surface area contributed by atoms with Crippen molar-refractivity contribution in [1.82, 2.24) is 0 Å². The molecular formula is C7H11NO2. The topological polar surface area (TPSA) is 43.1 Å². The van der Waals surface area contributed by atoms with Crippen molar-refractivity contribution < 1.29 is 4.92 Å². The molecule has 0 aromatic carbocycles. The summed E-state index contributed by atoms with van der Waals surface area (Å²) < 4.78 is 0. The van der Waals surface area contributed by atoms with Gasteiger partial charge < -0.3 is 0 Å². The van der Waals surface area contributed by atoms with Crippen molar-refractivity contribution in [1.29, 1.82) is 0 Å². The molecule has 0 aliphatic heterocycles. The van der Waals surface area contributed by atoms with Crippen LogP contribution in [0.15, 0.2) is 0 Å². The predicted octanol–water partition coefficient (Wildman–Crippen LogP) is 1.45. The van der Waals surface area contributed by atoms with Gasteiger partial charge in [-0.1, -0.05) is 6.42 Å². The number of nitro groups is 1. The molecule has 0 N–H and O–H groups in total. The highest BCUT2D eigenvalue weighted by atomic mass is 16.6. The summed E-state index contributed by atoms with van der Waals surface area (Å²) in [6, 6.07) is -0.159. The predicted molar refractivity (Wildman–Crippen MR) is 36.2 cm³/mol. The summed E-state index contributed by atoms with van der Waals surface area (Å²) in [6.07, 6.45) is 4.55. The minimum Gasteiger partial charge on any atom is -0.264 e. The van der Waals surface area contributed by atoms with Gasteiger partial charge in [-0.05, 0) is 19.3 Å². The first kappa shape index (κ1) is 6.13. The van der Waals surface area contributed by atoms with Crippen molar-refractivity contribution in [2.24, 2.45) is 11.8 Å². The minimum atomic E-state index is -0.159. The van der Waals surface area contributed by atoms with Crippen LogP contribution in [0.25, 0.3) is 0 Å². The molecule has 3 saturated carbocycles. The number of rotatable bonds is 1. The van der Waals surface area contributed by atoms with E-state index < -0.39 is 0 Å². The van der Waals surface area contributed by atoms with E-state index >= 15 is 0 Å². The third kappa shape index (κ3) is 0.662. The lowest BCUT2D eigenvalue weighted by Crippen LogP contribution is -2.50. The lowest BCUT2D eigenvalue weighted by molar-refractivity contribution is -0.563. The fourth-order valence-electron chi connectivity index (χ4n) is 2.42. The van der Waals surface area contributed by atoms with E-state index in [4.69, 9.17) is 0 Å². The molecule has 0 aromatic rings. The average molecular weight is 141 g/mol. The van der Waals surface area contributed by atoms with Crippen LogP contribution >= 0.6 is 0 Å². The maximum absolute atomic E-state index is 10.4. The van der Waals surface area contributed by atoms with Crippen molar-refractivity contribution in [2.45, 2.75) is 31.7 Å². The van der Waals surface area contributed by atoms with Crippen molar-refractivity contribution in [2.75, 3.05) is 0 Å². The van der Waals surface area contributed by atoms with Crippen LogP contribution in [0.2, 0.25) is 0 Å². The molecule has 3 nitrogen and oxygen atoms in total. The van der Waals surface area contributed by atoms with Crippen LogP contribution < -0.4 is 0 Å². The van der Waals surface area contributed by atoms with E-state index in [0.29, 0.717) is 11.8 Å². The van der Waals surface area contributed by atoms with Gasteiger partial charge in [-0.15, -0.1) is 0 Å². The van der Waals surface area contributed by atoms with Gasteiger partial charge in [0.25, 0.3) is 0 Å². The maximum Gasteiger partial charge on any atom is 0.218 e. The Morgan fingerprint density at radius 2 is 1.90 bits per heavy atom. The molecule has 2 bridgehead atoms. The molecule has 3 fully saturated rings. The zero-order valence-electron chi connectivity index (χ0n) is 5.82. The smallest absolute Gasteiger partial charge is 0.218 e. The van der Waals surface area contributed by atoms with Gasteiger partial charge in [-0.3, -0.25) is 10.1 Å². The molecule has 10 heavy (non-hydrogen) atoms. The van der Waals surface area contributed by atoms with Gasteiger partial charge in [0.1, 0.15) is 0 Å². The Balaban J connectivity index is 2.06. The largest absolute Gasteiger partial charge is 0.264 e. The molecule has 3 heteroatoms. The molecule has 3 rings (SSSR count). The zero-order valence-corrected chi connectivity index (χ0v) is 5.82. The van der Waals surface area contributed by atoms with Crippen LogP contribution in [-0.2, 0) is 0 Å². The molecule has 0 spiro atoms. The number of nitrogens with zero attached hydrogens (tertiary/aromatic N) is 1. The van der Waals surface area contributed by atoms with Gasteiger partial charge in [0.2, 0.25) is 6.04 Å². The summed E-state index contributed by atoms with van der Waals surface area (Å²) in [6.45, 7) is 0. The standard InChI is InChI=1S/C7H11NO2/c9-8(10)7-5-2-1-3-6(7)4-5/h5-7H,1-4H2. The van der Waals surface area contributed by atoms with Gasteiger partial charge in [-0.25, -0.2) is 0 Å². The van der Waals surface area contributed by atoms with E-state index in [1.165, 1.54) is 6.42 Å². The van der Waals surface area contributed by atoms with Crippen LogP contribution in [0.5, 0.6) is 0 Å². The lowest BCUT2D eigenvalue weighted by Gasteiger charge is -2.42. The molecule has 0 heterocycles. The zero-order chi connectivity index (χ0) is 7.14. The monoisotopic (exact) mass is 141 g/mol. The first-order chi connectivity index (χ1) is 4.79. The summed E-state index contributed by atoms with van der Waals surface area (Å²) in [4.78, 5) is 10.3. The van der Waals surface area contributed by atoms with Crippen LogP contribution in [0.4, 0.5) is 0 Å². The summed E-state index contributed by atoms with van der Waals surface area (Å²) in [5.41, 5.74) is 0. The summed E-state index contributed by atoms with van der Waals surface area (Å²) in [5, 5.41) is 10.4. The fourth-order valence-corrected chi connectivity index (χ4v) is 2.42. The lowest BCUT2D eigenvalue weighted by atomic mass is 9.61. The van der Waals surface area contributed by atoms with E-state index in [0.717, 1.165) is 19.3 Å². The van der Waals surface area contributed by atoms with Crippen LogP contribution in [0.1, 0.15) is 25.7 Å². The van der Waals surface area contributed by atoms with Gasteiger partial charge in [0.15, 0.2) is 0 Å². The van der Waals surface area contributed by atoms with E-state index in [1.807, 2.05) is 0 Å². The second kappa shape index (κ2) is 1.94. The fraction of sp³-hybridized carbons (Fsp3) is 1.00. The molecule has 0 amide bonds. The summed E-state index contributed by atoms with van der Waals surface area (Å²) >= 11 is 0. The van der Waals surface area contributed by atoms with Gasteiger partial charge in [0.05, 0.1) is 0 Å². The third-order valence-corrected chi connectivity index (χ3v) is 2.96. The Morgan fingerprint density at radius 3 is 2.20 bits per heavy atom. The van der Waals surface area contributed by atoms with Gasteiger partial charge in [-0.2, -0.15) is 0 Å². The van der Waals surface area contributed by atoms with Crippen LogP contribution in [0.3, 0.4) is 0 Å². The van der Waals surface area contributed by atoms with E-state index in [9.17, 15) is 10.1 Å². The van der Waals surface area contributed by atoms with E-state index in [1.54, 1.807) is 0 Å². The number of hydrogen-bond donors (Lipinski definition) is 0. The Hall–Kier alpha value is -0.600. The van der Waals surface area contributed by atoms with E-state index in [2.05, 4.69) is 0 Å².